The molecule has 5 nitrogen and oxygen atoms in total. The average molecular weight is 373 g/mol. The van der Waals surface area contributed by atoms with Crippen LogP contribution in [0.3, 0.4) is 0 Å². The summed E-state index contributed by atoms with van der Waals surface area (Å²) in [4.78, 5) is 0.300. The van der Waals surface area contributed by atoms with Crippen LogP contribution in [0.5, 0.6) is 0 Å². The lowest BCUT2D eigenvalue weighted by Gasteiger charge is -2.26. The third-order valence-corrected chi connectivity index (χ3v) is 6.74. The van der Waals surface area contributed by atoms with Crippen LogP contribution < -0.4 is 5.32 Å². The Morgan fingerprint density at radius 2 is 1.73 bits per heavy atom. The summed E-state index contributed by atoms with van der Waals surface area (Å²) < 4.78 is 42.4. The minimum atomic E-state index is -3.47. The molecule has 2 aromatic carbocycles. The maximum atomic E-state index is 13.5. The average Bonchev–Trinajstić information content (AvgIpc) is 2.99. The van der Waals surface area contributed by atoms with E-state index in [1.54, 1.807) is 18.2 Å². The molecule has 0 radical (unpaired) electrons. The molecule has 0 amide bonds. The minimum Gasteiger partial charge on any atom is -0.350 e. The first-order chi connectivity index (χ1) is 12.5. The molecule has 1 saturated heterocycles. The largest absolute Gasteiger partial charge is 0.350 e. The second-order valence-corrected chi connectivity index (χ2v) is 8.43. The van der Waals surface area contributed by atoms with Crippen molar-refractivity contribution in [2.24, 2.45) is 7.05 Å². The maximum Gasteiger partial charge on any atom is 0.243 e. The molecule has 0 bridgehead atoms. The molecule has 4 rings (SSSR count). The van der Waals surface area contributed by atoms with Gasteiger partial charge in [0.05, 0.1) is 10.4 Å². The Morgan fingerprint density at radius 1 is 1.04 bits per heavy atom. The molecule has 0 unspecified atom stereocenters. The van der Waals surface area contributed by atoms with Crippen molar-refractivity contribution >= 4 is 20.9 Å². The van der Waals surface area contributed by atoms with Crippen molar-refractivity contribution in [2.45, 2.75) is 4.90 Å². The molecule has 1 N–H and O–H groups in total. The highest BCUT2D eigenvalue weighted by Gasteiger charge is 2.25. The van der Waals surface area contributed by atoms with Crippen molar-refractivity contribution in [3.63, 3.8) is 0 Å². The van der Waals surface area contributed by atoms with E-state index in [2.05, 4.69) is 5.32 Å². The van der Waals surface area contributed by atoms with E-state index in [0.717, 1.165) is 22.0 Å². The predicted octanol–water partition coefficient (Wildman–Crippen LogP) is 2.58. The highest BCUT2D eigenvalue weighted by Crippen LogP contribution is 2.31. The van der Waals surface area contributed by atoms with Crippen molar-refractivity contribution in [3.8, 4) is 11.1 Å². The fourth-order valence-electron chi connectivity index (χ4n) is 3.43. The van der Waals surface area contributed by atoms with Crippen LogP contribution in [0.1, 0.15) is 0 Å². The van der Waals surface area contributed by atoms with Gasteiger partial charge in [0.2, 0.25) is 10.0 Å². The molecule has 1 aromatic heterocycles. The fraction of sp³-hybridized carbons (Fsp3) is 0.263. The number of halogens is 1. The van der Waals surface area contributed by atoms with Crippen molar-refractivity contribution in [2.75, 3.05) is 26.2 Å². The number of nitrogens with zero attached hydrogens (tertiary/aromatic N) is 2. The number of aryl methyl sites for hydroxylation is 1. The number of sulfonamides is 1. The van der Waals surface area contributed by atoms with Gasteiger partial charge < -0.3 is 9.88 Å². The molecular weight excluding hydrogens is 353 g/mol. The van der Waals surface area contributed by atoms with E-state index in [1.807, 2.05) is 29.9 Å². The quantitative estimate of drug-likeness (QED) is 0.768. The van der Waals surface area contributed by atoms with E-state index in [0.29, 0.717) is 31.1 Å². The zero-order valence-corrected chi connectivity index (χ0v) is 15.3. The Kier molecular flexibility index (Phi) is 4.30. The number of hydrogen-bond donors (Lipinski definition) is 1. The molecule has 1 aliphatic rings. The highest BCUT2D eigenvalue weighted by atomic mass is 32.2. The summed E-state index contributed by atoms with van der Waals surface area (Å²) >= 11 is 0. The molecule has 1 aliphatic heterocycles. The van der Waals surface area contributed by atoms with Gasteiger partial charge in [0.15, 0.2) is 0 Å². The van der Waals surface area contributed by atoms with Crippen LogP contribution in [0.2, 0.25) is 0 Å². The number of nitrogens with one attached hydrogen (secondary N) is 1. The first kappa shape index (κ1) is 17.2. The van der Waals surface area contributed by atoms with Gasteiger partial charge in [-0.3, -0.25) is 0 Å². The van der Waals surface area contributed by atoms with E-state index in [1.165, 1.54) is 16.4 Å². The molecule has 26 heavy (non-hydrogen) atoms. The third-order valence-electron chi connectivity index (χ3n) is 4.83. The number of piperazine rings is 1. The number of hydrogen-bond acceptors (Lipinski definition) is 3. The lowest BCUT2D eigenvalue weighted by Crippen LogP contribution is -2.46. The van der Waals surface area contributed by atoms with E-state index < -0.39 is 10.0 Å². The fourth-order valence-corrected chi connectivity index (χ4v) is 4.87. The van der Waals surface area contributed by atoms with Crippen molar-refractivity contribution in [3.05, 3.63) is 54.5 Å². The van der Waals surface area contributed by atoms with Gasteiger partial charge in [-0.05, 0) is 35.9 Å². The lowest BCUT2D eigenvalue weighted by molar-refractivity contribution is 0.360. The molecule has 7 heteroatoms. The molecule has 0 saturated carbocycles. The Bertz CT molecular complexity index is 1050. The van der Waals surface area contributed by atoms with E-state index in [-0.39, 0.29) is 5.82 Å². The summed E-state index contributed by atoms with van der Waals surface area (Å²) in [5.74, 6) is -0.275. The molecular formula is C19H20FN3O2S. The van der Waals surface area contributed by atoms with Crippen molar-refractivity contribution in [1.29, 1.82) is 0 Å². The second-order valence-electron chi connectivity index (χ2n) is 6.49. The van der Waals surface area contributed by atoms with Crippen LogP contribution in [0.4, 0.5) is 4.39 Å². The smallest absolute Gasteiger partial charge is 0.243 e. The van der Waals surface area contributed by atoms with Gasteiger partial charge >= 0.3 is 0 Å². The van der Waals surface area contributed by atoms with Crippen molar-refractivity contribution in [1.82, 2.24) is 14.2 Å². The molecule has 0 aliphatic carbocycles. The summed E-state index contributed by atoms with van der Waals surface area (Å²) in [6.45, 7) is 2.31. The van der Waals surface area contributed by atoms with Crippen LogP contribution in [0.25, 0.3) is 22.0 Å². The summed E-state index contributed by atoms with van der Waals surface area (Å²) in [6, 6.07) is 11.6. The molecule has 0 atom stereocenters. The maximum absolute atomic E-state index is 13.5. The van der Waals surface area contributed by atoms with Gasteiger partial charge in [-0.1, -0.05) is 12.1 Å². The first-order valence-electron chi connectivity index (χ1n) is 8.53. The first-order valence-corrected chi connectivity index (χ1v) is 9.97. The highest BCUT2D eigenvalue weighted by molar-refractivity contribution is 7.89. The molecule has 2 heterocycles. The van der Waals surface area contributed by atoms with Gasteiger partial charge in [-0.2, -0.15) is 4.31 Å². The third kappa shape index (κ3) is 2.92. The van der Waals surface area contributed by atoms with Crippen LogP contribution in [-0.2, 0) is 17.1 Å². The summed E-state index contributed by atoms with van der Waals surface area (Å²) in [6.07, 6.45) is 1.93. The summed E-state index contributed by atoms with van der Waals surface area (Å²) in [5, 5.41) is 4.09. The Balaban J connectivity index is 1.70. The number of aromatic nitrogens is 1. The molecule has 1 fully saturated rings. The van der Waals surface area contributed by atoms with Gasteiger partial charge in [-0.25, -0.2) is 12.8 Å². The standard InChI is InChI=1S/C19H20FN3O2S/c1-22-13-18(17-7-4-15(20)12-19(17)22)14-2-5-16(6-3-14)26(24,25)23-10-8-21-9-11-23/h2-7,12-13,21H,8-11H2,1H3. The second kappa shape index (κ2) is 6.50. The number of benzene rings is 2. The summed E-state index contributed by atoms with van der Waals surface area (Å²) in [7, 11) is -1.60. The molecule has 136 valence electrons. The molecule has 0 spiro atoms. The zero-order chi connectivity index (χ0) is 18.3. The van der Waals surface area contributed by atoms with Crippen LogP contribution >= 0.6 is 0 Å². The SMILES string of the molecule is Cn1cc(-c2ccc(S(=O)(=O)N3CCNCC3)cc2)c2ccc(F)cc21. The van der Waals surface area contributed by atoms with Gasteiger partial charge in [0.1, 0.15) is 5.82 Å². The monoisotopic (exact) mass is 373 g/mol. The van der Waals surface area contributed by atoms with Gasteiger partial charge in [0, 0.05) is 50.4 Å². The topological polar surface area (TPSA) is 54.3 Å². The van der Waals surface area contributed by atoms with Gasteiger partial charge in [-0.15, -0.1) is 0 Å². The lowest BCUT2D eigenvalue weighted by atomic mass is 10.1. The van der Waals surface area contributed by atoms with Crippen molar-refractivity contribution < 1.29 is 12.8 Å². The van der Waals surface area contributed by atoms with E-state index in [4.69, 9.17) is 0 Å². The van der Waals surface area contributed by atoms with Crippen LogP contribution in [0, 0.1) is 5.82 Å². The zero-order valence-electron chi connectivity index (χ0n) is 14.4. The molecule has 3 aromatic rings. The Hall–Kier alpha value is -2.22. The normalized spacial score (nSPS) is 16.2. The van der Waals surface area contributed by atoms with E-state index in [9.17, 15) is 12.8 Å². The van der Waals surface area contributed by atoms with Gasteiger partial charge in [0.25, 0.3) is 0 Å². The minimum absolute atomic E-state index is 0.275. The Morgan fingerprint density at radius 3 is 2.42 bits per heavy atom. The number of fused-ring (bicyclic) bond motifs is 1. The van der Waals surface area contributed by atoms with Crippen LogP contribution in [-0.4, -0.2) is 43.5 Å². The summed E-state index contributed by atoms with van der Waals surface area (Å²) in [5.41, 5.74) is 2.66. The van der Waals surface area contributed by atoms with Crippen LogP contribution in [0.15, 0.2) is 53.6 Å². The Labute approximate surface area is 152 Å². The number of rotatable bonds is 3. The van der Waals surface area contributed by atoms with E-state index >= 15 is 0 Å². The predicted molar refractivity (Wildman–Crippen MR) is 99.9 cm³/mol.